The van der Waals surface area contributed by atoms with Crippen molar-refractivity contribution in [1.29, 1.82) is 0 Å². The molecule has 0 spiro atoms. The molecule has 29 heavy (non-hydrogen) atoms. The van der Waals surface area contributed by atoms with E-state index in [1.54, 1.807) is 19.2 Å². The molecule has 4 aromatic carbocycles. The van der Waals surface area contributed by atoms with Crippen LogP contribution < -0.4 is 4.74 Å². The van der Waals surface area contributed by atoms with Crippen molar-refractivity contribution < 1.29 is 9.84 Å². The van der Waals surface area contributed by atoms with Gasteiger partial charge in [0, 0.05) is 0 Å². The molecule has 4 aromatic rings. The van der Waals surface area contributed by atoms with Crippen LogP contribution in [0, 0.1) is 13.8 Å². The fourth-order valence-corrected chi connectivity index (χ4v) is 3.07. The van der Waals surface area contributed by atoms with E-state index in [9.17, 15) is 5.11 Å². The molecule has 0 saturated carbocycles. The number of benzene rings is 4. The second kappa shape index (κ2) is 12.5. The summed E-state index contributed by atoms with van der Waals surface area (Å²) in [6.45, 7) is 12.1. The Morgan fingerprint density at radius 2 is 1.07 bits per heavy atom. The molecule has 154 valence electrons. The fraction of sp³-hybridized carbons (Fsp3) is 0.259. The zero-order valence-corrected chi connectivity index (χ0v) is 18.8. The monoisotopic (exact) mass is 390 g/mol. The second-order valence-electron chi connectivity index (χ2n) is 6.15. The van der Waals surface area contributed by atoms with E-state index in [0.29, 0.717) is 5.75 Å². The molecule has 0 heterocycles. The first-order chi connectivity index (χ1) is 14.1. The molecule has 0 aliphatic heterocycles. The Kier molecular flexibility index (Phi) is 10.3. The van der Waals surface area contributed by atoms with E-state index in [0.717, 1.165) is 16.7 Å². The van der Waals surface area contributed by atoms with Crippen molar-refractivity contribution in [3.05, 3.63) is 83.9 Å². The minimum atomic E-state index is 0.339. The Balaban J connectivity index is 0.000000248. The lowest BCUT2D eigenvalue weighted by molar-refractivity contribution is 0.415. The maximum absolute atomic E-state index is 9.31. The molecule has 2 nitrogen and oxygen atoms in total. The number of phenolic OH excluding ortho intramolecular Hbond substituents is 1. The number of aryl methyl sites for hydroxylation is 2. The number of hydrogen-bond donors (Lipinski definition) is 1. The van der Waals surface area contributed by atoms with Crippen LogP contribution in [0.4, 0.5) is 0 Å². The highest BCUT2D eigenvalue weighted by Crippen LogP contribution is 2.24. The molecule has 0 unspecified atom stereocenters. The van der Waals surface area contributed by atoms with Crippen molar-refractivity contribution in [2.24, 2.45) is 0 Å². The molecule has 0 saturated heterocycles. The van der Waals surface area contributed by atoms with Crippen LogP contribution in [0.5, 0.6) is 11.5 Å². The number of hydrogen-bond acceptors (Lipinski definition) is 2. The number of rotatable bonds is 1. The first kappa shape index (κ1) is 24.0. The van der Waals surface area contributed by atoms with E-state index in [4.69, 9.17) is 4.74 Å². The summed E-state index contributed by atoms with van der Waals surface area (Å²) in [5, 5.41) is 14.1. The highest BCUT2D eigenvalue weighted by atomic mass is 16.5. The van der Waals surface area contributed by atoms with Gasteiger partial charge in [0.25, 0.3) is 0 Å². The van der Waals surface area contributed by atoms with Gasteiger partial charge in [0.1, 0.15) is 11.5 Å². The summed E-state index contributed by atoms with van der Waals surface area (Å²) in [4.78, 5) is 0. The molecule has 0 aliphatic carbocycles. The zero-order chi connectivity index (χ0) is 21.8. The van der Waals surface area contributed by atoms with Gasteiger partial charge >= 0.3 is 0 Å². The van der Waals surface area contributed by atoms with E-state index in [1.165, 1.54) is 21.7 Å². The maximum Gasteiger partial charge on any atom is 0.119 e. The topological polar surface area (TPSA) is 29.5 Å². The highest BCUT2D eigenvalue weighted by Gasteiger charge is 1.99. The van der Waals surface area contributed by atoms with E-state index in [-0.39, 0.29) is 0 Å². The van der Waals surface area contributed by atoms with E-state index in [2.05, 4.69) is 43.3 Å². The lowest BCUT2D eigenvalue weighted by Crippen LogP contribution is -1.85. The van der Waals surface area contributed by atoms with Gasteiger partial charge in [-0.1, -0.05) is 76.2 Å². The third-order valence-corrected chi connectivity index (χ3v) is 4.33. The summed E-state index contributed by atoms with van der Waals surface area (Å²) in [7, 11) is 1.70. The molecule has 0 amide bonds. The molecular formula is C27H34O2. The van der Waals surface area contributed by atoms with Crippen LogP contribution >= 0.6 is 0 Å². The molecule has 4 rings (SSSR count). The van der Waals surface area contributed by atoms with Gasteiger partial charge in [0.2, 0.25) is 0 Å². The quantitative estimate of drug-likeness (QED) is 0.356. The van der Waals surface area contributed by atoms with Gasteiger partial charge in [-0.05, 0) is 70.8 Å². The molecule has 0 aromatic heterocycles. The van der Waals surface area contributed by atoms with Gasteiger partial charge in [-0.3, -0.25) is 0 Å². The molecular weight excluding hydrogens is 356 g/mol. The predicted octanol–water partition coefficient (Wildman–Crippen LogP) is 8.06. The van der Waals surface area contributed by atoms with Crippen LogP contribution in [0.3, 0.4) is 0 Å². The number of aromatic hydroxyl groups is 1. The van der Waals surface area contributed by atoms with Gasteiger partial charge in [0.05, 0.1) is 7.11 Å². The van der Waals surface area contributed by atoms with Gasteiger partial charge < -0.3 is 9.84 Å². The van der Waals surface area contributed by atoms with Crippen LogP contribution in [0.1, 0.15) is 38.8 Å². The largest absolute Gasteiger partial charge is 0.508 e. The Labute approximate surface area is 175 Å². The lowest BCUT2D eigenvalue weighted by atomic mass is 10.1. The van der Waals surface area contributed by atoms with E-state index < -0.39 is 0 Å². The summed E-state index contributed by atoms with van der Waals surface area (Å²) >= 11 is 0. The minimum absolute atomic E-state index is 0.339. The summed E-state index contributed by atoms with van der Waals surface area (Å²) in [6.07, 6.45) is 0. The molecule has 0 atom stereocenters. The van der Waals surface area contributed by atoms with Crippen molar-refractivity contribution in [2.45, 2.75) is 41.5 Å². The molecule has 0 radical (unpaired) electrons. The Bertz CT molecular complexity index is 1020. The average Bonchev–Trinajstić information content (AvgIpc) is 2.77. The third kappa shape index (κ3) is 6.53. The van der Waals surface area contributed by atoms with Gasteiger partial charge in [-0.2, -0.15) is 0 Å². The van der Waals surface area contributed by atoms with Crippen LogP contribution in [0.15, 0.2) is 72.8 Å². The standard InChI is InChI=1S/C12H12O.C11H10O.2C2H6/c1-9-7-11(13-2)8-10-5-3-4-6-12(9)10;1-8-6-10(12)7-9-4-2-3-5-11(8)9;2*1-2/h3-8H,1-2H3;2-7,12H,1H3;2*1-2H3. The summed E-state index contributed by atoms with van der Waals surface area (Å²) in [5.41, 5.74) is 2.38. The molecule has 0 aliphatic rings. The fourth-order valence-electron chi connectivity index (χ4n) is 3.07. The predicted molar refractivity (Wildman–Crippen MR) is 128 cm³/mol. The number of ether oxygens (including phenoxy) is 1. The Hall–Kier alpha value is -3.00. The SMILES string of the molecule is CC.CC.COc1cc(C)c2ccccc2c1.Cc1cc(O)cc2ccccc12. The number of methoxy groups -OCH3 is 1. The highest BCUT2D eigenvalue weighted by molar-refractivity contribution is 5.87. The van der Waals surface area contributed by atoms with E-state index in [1.807, 2.05) is 58.9 Å². The van der Waals surface area contributed by atoms with Crippen molar-refractivity contribution in [3.8, 4) is 11.5 Å². The summed E-state index contributed by atoms with van der Waals surface area (Å²) < 4.78 is 5.20. The average molecular weight is 391 g/mol. The lowest BCUT2D eigenvalue weighted by Gasteiger charge is -2.05. The zero-order valence-electron chi connectivity index (χ0n) is 18.8. The smallest absolute Gasteiger partial charge is 0.119 e. The van der Waals surface area contributed by atoms with Gasteiger partial charge in [-0.15, -0.1) is 0 Å². The second-order valence-corrected chi connectivity index (χ2v) is 6.15. The van der Waals surface area contributed by atoms with Crippen LogP contribution in [-0.2, 0) is 0 Å². The van der Waals surface area contributed by atoms with Crippen molar-refractivity contribution in [1.82, 2.24) is 0 Å². The van der Waals surface area contributed by atoms with Crippen molar-refractivity contribution in [2.75, 3.05) is 7.11 Å². The molecule has 0 bridgehead atoms. The Morgan fingerprint density at radius 3 is 1.59 bits per heavy atom. The van der Waals surface area contributed by atoms with Crippen molar-refractivity contribution in [3.63, 3.8) is 0 Å². The van der Waals surface area contributed by atoms with Crippen LogP contribution in [0.25, 0.3) is 21.5 Å². The van der Waals surface area contributed by atoms with Crippen molar-refractivity contribution >= 4 is 21.5 Å². The molecule has 0 fully saturated rings. The maximum atomic E-state index is 9.31. The number of phenols is 1. The summed E-state index contributed by atoms with van der Waals surface area (Å²) in [6, 6.07) is 24.0. The third-order valence-electron chi connectivity index (χ3n) is 4.33. The molecule has 2 heteroatoms. The number of fused-ring (bicyclic) bond motifs is 2. The summed E-state index contributed by atoms with van der Waals surface area (Å²) in [5.74, 6) is 1.27. The minimum Gasteiger partial charge on any atom is -0.508 e. The Morgan fingerprint density at radius 1 is 0.621 bits per heavy atom. The first-order valence-corrected chi connectivity index (χ1v) is 10.3. The van der Waals surface area contributed by atoms with Gasteiger partial charge in [0.15, 0.2) is 0 Å². The van der Waals surface area contributed by atoms with Crippen LogP contribution in [-0.4, -0.2) is 12.2 Å². The normalized spacial score (nSPS) is 9.34. The van der Waals surface area contributed by atoms with Crippen LogP contribution in [0.2, 0.25) is 0 Å². The van der Waals surface area contributed by atoms with E-state index >= 15 is 0 Å². The molecule has 1 N–H and O–H groups in total. The van der Waals surface area contributed by atoms with Gasteiger partial charge in [-0.25, -0.2) is 0 Å². The first-order valence-electron chi connectivity index (χ1n) is 10.3.